The number of rotatable bonds is 3. The number of hydrogen-bond acceptors (Lipinski definition) is 3. The Balaban J connectivity index is 2.38. The first-order valence-electron chi connectivity index (χ1n) is 5.35. The van der Waals surface area contributed by atoms with E-state index in [0.29, 0.717) is 29.9 Å². The molecule has 0 aliphatic heterocycles. The average Bonchev–Trinajstić information content (AvgIpc) is 2.39. The SMILES string of the molecule is N#CCCc1nccc(-c2cc(Br)ccc2F)n1. The van der Waals surface area contributed by atoms with Crippen molar-refractivity contribution in [3.8, 4) is 17.3 Å². The highest BCUT2D eigenvalue weighted by Gasteiger charge is 2.08. The van der Waals surface area contributed by atoms with Gasteiger partial charge in [0.05, 0.1) is 11.8 Å². The first-order valence-corrected chi connectivity index (χ1v) is 6.14. The molecule has 0 saturated heterocycles. The van der Waals surface area contributed by atoms with Crippen molar-refractivity contribution >= 4 is 15.9 Å². The van der Waals surface area contributed by atoms with E-state index in [1.807, 2.05) is 6.07 Å². The predicted octanol–water partition coefficient (Wildman–Crippen LogP) is 3.50. The molecule has 0 bridgehead atoms. The predicted molar refractivity (Wildman–Crippen MR) is 69.1 cm³/mol. The van der Waals surface area contributed by atoms with E-state index in [9.17, 15) is 4.39 Å². The summed E-state index contributed by atoms with van der Waals surface area (Å²) >= 11 is 3.30. The fraction of sp³-hybridized carbons (Fsp3) is 0.154. The lowest BCUT2D eigenvalue weighted by Gasteiger charge is -2.04. The van der Waals surface area contributed by atoms with Gasteiger partial charge in [0, 0.05) is 29.1 Å². The summed E-state index contributed by atoms with van der Waals surface area (Å²) in [4.78, 5) is 8.32. The average molecular weight is 306 g/mol. The number of halogens is 2. The molecule has 1 heterocycles. The van der Waals surface area contributed by atoms with Gasteiger partial charge in [-0.25, -0.2) is 14.4 Å². The van der Waals surface area contributed by atoms with Gasteiger partial charge in [0.2, 0.25) is 0 Å². The molecule has 1 aromatic heterocycles. The Kier molecular flexibility index (Phi) is 4.00. The van der Waals surface area contributed by atoms with E-state index in [-0.39, 0.29) is 5.82 Å². The van der Waals surface area contributed by atoms with Crippen molar-refractivity contribution in [3.05, 3.63) is 46.6 Å². The molecule has 0 aliphatic carbocycles. The van der Waals surface area contributed by atoms with Gasteiger partial charge in [-0.05, 0) is 24.3 Å². The van der Waals surface area contributed by atoms with Gasteiger partial charge in [-0.15, -0.1) is 0 Å². The van der Waals surface area contributed by atoms with Gasteiger partial charge in [0.25, 0.3) is 0 Å². The number of nitriles is 1. The molecule has 0 atom stereocenters. The zero-order chi connectivity index (χ0) is 13.0. The fourth-order valence-corrected chi connectivity index (χ4v) is 1.89. The van der Waals surface area contributed by atoms with E-state index in [2.05, 4.69) is 25.9 Å². The summed E-state index contributed by atoms with van der Waals surface area (Å²) < 4.78 is 14.5. The Morgan fingerprint density at radius 2 is 2.17 bits per heavy atom. The number of hydrogen-bond donors (Lipinski definition) is 0. The molecule has 2 rings (SSSR count). The van der Waals surface area contributed by atoms with Crippen LogP contribution in [0.4, 0.5) is 4.39 Å². The number of aromatic nitrogens is 2. The van der Waals surface area contributed by atoms with Gasteiger partial charge in [0.1, 0.15) is 11.6 Å². The van der Waals surface area contributed by atoms with Gasteiger partial charge in [-0.1, -0.05) is 15.9 Å². The summed E-state index contributed by atoms with van der Waals surface area (Å²) in [5, 5.41) is 8.52. The molecule has 18 heavy (non-hydrogen) atoms. The van der Waals surface area contributed by atoms with E-state index in [4.69, 9.17) is 5.26 Å². The van der Waals surface area contributed by atoms with Crippen LogP contribution in [-0.2, 0) is 6.42 Å². The first-order chi connectivity index (χ1) is 8.70. The number of nitrogens with zero attached hydrogens (tertiary/aromatic N) is 3. The topological polar surface area (TPSA) is 49.6 Å². The molecule has 0 N–H and O–H groups in total. The van der Waals surface area contributed by atoms with Gasteiger partial charge in [-0.3, -0.25) is 0 Å². The summed E-state index contributed by atoms with van der Waals surface area (Å²) in [7, 11) is 0. The van der Waals surface area contributed by atoms with E-state index >= 15 is 0 Å². The summed E-state index contributed by atoms with van der Waals surface area (Å²) in [5.41, 5.74) is 0.946. The highest BCUT2D eigenvalue weighted by Crippen LogP contribution is 2.24. The second-order valence-electron chi connectivity index (χ2n) is 3.64. The maximum absolute atomic E-state index is 13.7. The Hall–Kier alpha value is -1.80. The van der Waals surface area contributed by atoms with Gasteiger partial charge in [0.15, 0.2) is 0 Å². The third kappa shape index (κ3) is 2.90. The van der Waals surface area contributed by atoms with Crippen molar-refractivity contribution in [1.82, 2.24) is 9.97 Å². The van der Waals surface area contributed by atoms with Crippen LogP contribution in [0.25, 0.3) is 11.3 Å². The molecule has 90 valence electrons. The highest BCUT2D eigenvalue weighted by molar-refractivity contribution is 9.10. The molecule has 0 radical (unpaired) electrons. The third-order valence-electron chi connectivity index (χ3n) is 2.37. The molecule has 2 aromatic rings. The lowest BCUT2D eigenvalue weighted by Crippen LogP contribution is -1.97. The van der Waals surface area contributed by atoms with Crippen molar-refractivity contribution < 1.29 is 4.39 Å². The van der Waals surface area contributed by atoms with E-state index in [0.717, 1.165) is 4.47 Å². The molecule has 5 heteroatoms. The van der Waals surface area contributed by atoms with Crippen LogP contribution in [0.15, 0.2) is 34.9 Å². The summed E-state index contributed by atoms with van der Waals surface area (Å²) in [6, 6.07) is 8.38. The van der Waals surface area contributed by atoms with E-state index in [1.54, 1.807) is 24.4 Å². The summed E-state index contributed by atoms with van der Waals surface area (Å²) in [5.74, 6) is 0.219. The minimum Gasteiger partial charge on any atom is -0.241 e. The van der Waals surface area contributed by atoms with Crippen molar-refractivity contribution in [2.45, 2.75) is 12.8 Å². The molecular weight excluding hydrogens is 297 g/mol. The molecule has 0 spiro atoms. The minimum absolute atomic E-state index is 0.330. The van der Waals surface area contributed by atoms with Crippen molar-refractivity contribution in [1.29, 1.82) is 5.26 Å². The summed E-state index contributed by atoms with van der Waals surface area (Å²) in [6.07, 6.45) is 2.40. The van der Waals surface area contributed by atoms with Crippen molar-refractivity contribution in [2.75, 3.05) is 0 Å². The maximum atomic E-state index is 13.7. The standard InChI is InChI=1S/C13H9BrFN3/c14-9-3-4-11(15)10(8-9)12-5-7-17-13(18-12)2-1-6-16/h3-5,7-8H,1-2H2. The van der Waals surface area contributed by atoms with Crippen LogP contribution in [0.3, 0.4) is 0 Å². The van der Waals surface area contributed by atoms with Gasteiger partial charge in [-0.2, -0.15) is 5.26 Å². The molecule has 1 aromatic carbocycles. The van der Waals surface area contributed by atoms with Crippen LogP contribution in [0, 0.1) is 17.1 Å². The van der Waals surface area contributed by atoms with Crippen LogP contribution < -0.4 is 0 Å². The smallest absolute Gasteiger partial charge is 0.132 e. The van der Waals surface area contributed by atoms with Crippen molar-refractivity contribution in [2.24, 2.45) is 0 Å². The monoisotopic (exact) mass is 305 g/mol. The second kappa shape index (κ2) is 5.69. The lowest BCUT2D eigenvalue weighted by molar-refractivity contribution is 0.630. The Labute approximate surface area is 112 Å². The lowest BCUT2D eigenvalue weighted by atomic mass is 10.1. The van der Waals surface area contributed by atoms with Crippen LogP contribution in [0.2, 0.25) is 0 Å². The van der Waals surface area contributed by atoms with Gasteiger partial charge >= 0.3 is 0 Å². The zero-order valence-electron chi connectivity index (χ0n) is 9.40. The quantitative estimate of drug-likeness (QED) is 0.872. The highest BCUT2D eigenvalue weighted by atomic mass is 79.9. The molecule has 0 amide bonds. The normalized spacial score (nSPS) is 10.1. The largest absolute Gasteiger partial charge is 0.241 e. The minimum atomic E-state index is -0.330. The fourth-order valence-electron chi connectivity index (χ4n) is 1.53. The zero-order valence-corrected chi connectivity index (χ0v) is 11.0. The molecular formula is C13H9BrFN3. The van der Waals surface area contributed by atoms with Crippen LogP contribution in [0.5, 0.6) is 0 Å². The third-order valence-corrected chi connectivity index (χ3v) is 2.86. The molecule has 0 aliphatic rings. The van der Waals surface area contributed by atoms with Crippen LogP contribution >= 0.6 is 15.9 Å². The first kappa shape index (κ1) is 12.7. The Bertz CT molecular complexity index is 607. The Morgan fingerprint density at radius 1 is 1.33 bits per heavy atom. The molecule has 3 nitrogen and oxygen atoms in total. The molecule has 0 saturated carbocycles. The maximum Gasteiger partial charge on any atom is 0.132 e. The number of benzene rings is 1. The summed E-state index contributed by atoms with van der Waals surface area (Å²) in [6.45, 7) is 0. The van der Waals surface area contributed by atoms with E-state index in [1.165, 1.54) is 6.07 Å². The van der Waals surface area contributed by atoms with Crippen molar-refractivity contribution in [3.63, 3.8) is 0 Å². The Morgan fingerprint density at radius 3 is 2.94 bits per heavy atom. The second-order valence-corrected chi connectivity index (χ2v) is 4.56. The number of aryl methyl sites for hydroxylation is 1. The molecule has 0 fully saturated rings. The molecule has 0 unspecified atom stereocenters. The van der Waals surface area contributed by atoms with Crippen LogP contribution in [-0.4, -0.2) is 9.97 Å². The van der Waals surface area contributed by atoms with Crippen LogP contribution in [0.1, 0.15) is 12.2 Å². The van der Waals surface area contributed by atoms with Gasteiger partial charge < -0.3 is 0 Å². The van der Waals surface area contributed by atoms with E-state index < -0.39 is 0 Å².